The molecule has 0 N–H and O–H groups in total. The highest BCUT2D eigenvalue weighted by Crippen LogP contribution is 2.33. The van der Waals surface area contributed by atoms with Crippen LogP contribution in [-0.2, 0) is 23.9 Å². The summed E-state index contributed by atoms with van der Waals surface area (Å²) < 4.78 is 40.9. The summed E-state index contributed by atoms with van der Waals surface area (Å²) in [6.07, 6.45) is -0.507. The van der Waals surface area contributed by atoms with E-state index in [9.17, 15) is 18.0 Å². The van der Waals surface area contributed by atoms with Crippen LogP contribution in [-0.4, -0.2) is 48.3 Å². The number of hydrogen-bond acceptors (Lipinski definition) is 7. The molecule has 1 aliphatic heterocycles. The van der Waals surface area contributed by atoms with Crippen LogP contribution >= 0.6 is 11.3 Å². The number of thiazole rings is 1. The predicted octanol–water partition coefficient (Wildman–Crippen LogP) is 2.72. The molecular weight excluding hydrogens is 393 g/mol. The number of carbonyl (C=O) groups excluding carboxylic acids is 1. The Labute approximate surface area is 162 Å². The van der Waals surface area contributed by atoms with Crippen LogP contribution in [0.3, 0.4) is 0 Å². The van der Waals surface area contributed by atoms with Gasteiger partial charge in [-0.2, -0.15) is 23.3 Å². The summed E-state index contributed by atoms with van der Waals surface area (Å²) in [5.41, 5.74) is -0.475. The maximum absolute atomic E-state index is 13.2. The summed E-state index contributed by atoms with van der Waals surface area (Å²) in [7, 11) is 0. The van der Waals surface area contributed by atoms with Gasteiger partial charge in [0.25, 0.3) is 5.78 Å². The van der Waals surface area contributed by atoms with E-state index in [-0.39, 0.29) is 17.5 Å². The molecule has 1 unspecified atom stereocenters. The summed E-state index contributed by atoms with van der Waals surface area (Å²) in [6, 6.07) is 1.08. The molecule has 1 aliphatic rings. The molecule has 0 amide bonds. The van der Waals surface area contributed by atoms with Crippen LogP contribution in [0, 0.1) is 0 Å². The standard InChI is InChI=1S/C17H17F3N6OS/c1-10(27)4-15-21-6-12(28-15)8-25-3-2-11(7-25)13-5-14(17(18,19)20)24-16-22-9-23-26(13)16/h5-6,9,11H,2-4,7-8H2,1H3. The van der Waals surface area contributed by atoms with Gasteiger partial charge in [0.2, 0.25) is 0 Å². The summed E-state index contributed by atoms with van der Waals surface area (Å²) >= 11 is 1.49. The normalized spacial score (nSPS) is 18.2. The number of carbonyl (C=O) groups is 1. The number of aromatic nitrogens is 5. The summed E-state index contributed by atoms with van der Waals surface area (Å²) in [6.45, 7) is 3.55. The number of nitrogens with zero attached hydrogens (tertiary/aromatic N) is 6. The topological polar surface area (TPSA) is 76.3 Å². The molecule has 0 radical (unpaired) electrons. The Bertz CT molecular complexity index is 1010. The van der Waals surface area contributed by atoms with Crippen molar-refractivity contribution in [1.82, 2.24) is 29.5 Å². The van der Waals surface area contributed by atoms with Gasteiger partial charge in [-0.25, -0.2) is 14.5 Å². The maximum atomic E-state index is 13.2. The number of ketones is 1. The molecule has 4 rings (SSSR count). The van der Waals surface area contributed by atoms with Crippen molar-refractivity contribution in [3.05, 3.63) is 39.9 Å². The highest BCUT2D eigenvalue weighted by atomic mass is 32.1. The fourth-order valence-corrected chi connectivity index (χ4v) is 4.46. The molecule has 28 heavy (non-hydrogen) atoms. The Kier molecular flexibility index (Phi) is 4.88. The SMILES string of the molecule is CC(=O)Cc1ncc(CN2CCC(c3cc(C(F)(F)F)nc4ncnn34)C2)s1. The maximum Gasteiger partial charge on any atom is 0.433 e. The van der Waals surface area contributed by atoms with Crippen LogP contribution in [0.1, 0.15) is 40.5 Å². The summed E-state index contributed by atoms with van der Waals surface area (Å²) in [5.74, 6) is -0.0744. The number of alkyl halides is 3. The Morgan fingerprint density at radius 2 is 2.18 bits per heavy atom. The molecule has 1 atom stereocenters. The van der Waals surface area contributed by atoms with Crippen LogP contribution in [0.25, 0.3) is 5.78 Å². The van der Waals surface area contributed by atoms with Crippen molar-refractivity contribution in [2.24, 2.45) is 0 Å². The summed E-state index contributed by atoms with van der Waals surface area (Å²) in [4.78, 5) is 26.1. The lowest BCUT2D eigenvalue weighted by molar-refractivity contribution is -0.141. The largest absolute Gasteiger partial charge is 0.433 e. The molecule has 4 heterocycles. The van der Waals surface area contributed by atoms with Gasteiger partial charge in [0.05, 0.1) is 12.1 Å². The molecule has 11 heteroatoms. The molecule has 0 spiro atoms. The van der Waals surface area contributed by atoms with E-state index in [0.717, 1.165) is 28.9 Å². The molecule has 3 aromatic heterocycles. The van der Waals surface area contributed by atoms with Crippen LogP contribution in [0.5, 0.6) is 0 Å². The third-order valence-corrected chi connectivity index (χ3v) is 5.62. The highest BCUT2D eigenvalue weighted by molar-refractivity contribution is 7.11. The second kappa shape index (κ2) is 7.21. The molecule has 1 saturated heterocycles. The van der Waals surface area contributed by atoms with Gasteiger partial charge in [-0.15, -0.1) is 11.3 Å². The number of likely N-dealkylation sites (tertiary alicyclic amines) is 1. The Morgan fingerprint density at radius 1 is 1.36 bits per heavy atom. The van der Waals surface area contributed by atoms with Gasteiger partial charge in [-0.1, -0.05) is 0 Å². The third kappa shape index (κ3) is 3.90. The lowest BCUT2D eigenvalue weighted by Gasteiger charge is -2.16. The second-order valence-electron chi connectivity index (χ2n) is 6.86. The van der Waals surface area contributed by atoms with Gasteiger partial charge in [0.1, 0.15) is 22.8 Å². The minimum atomic E-state index is -4.53. The van der Waals surface area contributed by atoms with Crippen molar-refractivity contribution in [3.8, 4) is 0 Å². The zero-order chi connectivity index (χ0) is 19.9. The average Bonchev–Trinajstić information content (AvgIpc) is 3.33. The first-order valence-corrected chi connectivity index (χ1v) is 9.54. The molecule has 148 valence electrons. The number of fused-ring (bicyclic) bond motifs is 1. The van der Waals surface area contributed by atoms with E-state index in [1.54, 1.807) is 6.20 Å². The van der Waals surface area contributed by atoms with Crippen LogP contribution in [0.4, 0.5) is 13.2 Å². The number of rotatable bonds is 5. The third-order valence-electron chi connectivity index (χ3n) is 4.64. The van der Waals surface area contributed by atoms with E-state index < -0.39 is 11.9 Å². The molecule has 0 aliphatic carbocycles. The van der Waals surface area contributed by atoms with E-state index in [4.69, 9.17) is 0 Å². The number of Topliss-reactive ketones (excluding diaryl/α,β-unsaturated/α-hetero) is 1. The fourth-order valence-electron chi connectivity index (χ4n) is 3.42. The monoisotopic (exact) mass is 410 g/mol. The second-order valence-corrected chi connectivity index (χ2v) is 8.06. The van der Waals surface area contributed by atoms with Crippen molar-refractivity contribution in [1.29, 1.82) is 0 Å². The molecule has 3 aromatic rings. The highest BCUT2D eigenvalue weighted by Gasteiger charge is 2.36. The van der Waals surface area contributed by atoms with Crippen molar-refractivity contribution in [2.45, 2.75) is 38.4 Å². The minimum absolute atomic E-state index is 0.0420. The zero-order valence-corrected chi connectivity index (χ0v) is 15.8. The van der Waals surface area contributed by atoms with Gasteiger partial charge in [0, 0.05) is 30.1 Å². The molecule has 0 bridgehead atoms. The quantitative estimate of drug-likeness (QED) is 0.644. The average molecular weight is 410 g/mol. The van der Waals surface area contributed by atoms with E-state index in [2.05, 4.69) is 25.0 Å². The van der Waals surface area contributed by atoms with Gasteiger partial charge < -0.3 is 0 Å². The first kappa shape index (κ1) is 18.9. The molecule has 0 aromatic carbocycles. The van der Waals surface area contributed by atoms with Crippen molar-refractivity contribution >= 4 is 22.9 Å². The van der Waals surface area contributed by atoms with Crippen LogP contribution < -0.4 is 0 Å². The van der Waals surface area contributed by atoms with Crippen LogP contribution in [0.15, 0.2) is 18.6 Å². The van der Waals surface area contributed by atoms with Crippen LogP contribution in [0.2, 0.25) is 0 Å². The van der Waals surface area contributed by atoms with E-state index in [0.29, 0.717) is 25.2 Å². The van der Waals surface area contributed by atoms with E-state index in [1.165, 1.54) is 29.1 Å². The fraction of sp³-hybridized carbons (Fsp3) is 0.471. The van der Waals surface area contributed by atoms with Crippen molar-refractivity contribution in [3.63, 3.8) is 0 Å². The molecular formula is C17H17F3N6OS. The van der Waals surface area contributed by atoms with Gasteiger partial charge in [0.15, 0.2) is 0 Å². The molecule has 7 nitrogen and oxygen atoms in total. The van der Waals surface area contributed by atoms with Gasteiger partial charge in [-0.05, 0) is 26.0 Å². The number of halogens is 3. The lowest BCUT2D eigenvalue weighted by atomic mass is 10.0. The molecule has 0 saturated carbocycles. The smallest absolute Gasteiger partial charge is 0.300 e. The number of hydrogen-bond donors (Lipinski definition) is 0. The predicted molar refractivity (Wildman–Crippen MR) is 94.9 cm³/mol. The Hall–Kier alpha value is -2.40. The Morgan fingerprint density at radius 3 is 2.93 bits per heavy atom. The molecule has 1 fully saturated rings. The minimum Gasteiger partial charge on any atom is -0.300 e. The van der Waals surface area contributed by atoms with E-state index >= 15 is 0 Å². The van der Waals surface area contributed by atoms with Gasteiger partial charge in [-0.3, -0.25) is 9.69 Å². The van der Waals surface area contributed by atoms with Crippen molar-refractivity contribution < 1.29 is 18.0 Å². The lowest BCUT2D eigenvalue weighted by Crippen LogP contribution is -2.20. The first-order valence-electron chi connectivity index (χ1n) is 8.73. The first-order chi connectivity index (χ1) is 13.3. The van der Waals surface area contributed by atoms with Crippen molar-refractivity contribution in [2.75, 3.05) is 13.1 Å². The zero-order valence-electron chi connectivity index (χ0n) is 15.0. The Balaban J connectivity index is 1.52. The van der Waals surface area contributed by atoms with Gasteiger partial charge >= 0.3 is 6.18 Å². The summed E-state index contributed by atoms with van der Waals surface area (Å²) in [5, 5.41) is 4.83. The van der Waals surface area contributed by atoms with E-state index in [1.807, 2.05) is 0 Å².